The van der Waals surface area contributed by atoms with Crippen LogP contribution in [0.15, 0.2) is 58.1 Å². The van der Waals surface area contributed by atoms with Crippen molar-refractivity contribution in [1.82, 2.24) is 4.90 Å². The Balaban J connectivity index is 1.44. The van der Waals surface area contributed by atoms with Crippen LogP contribution in [0, 0.1) is 0 Å². The first-order chi connectivity index (χ1) is 14.0. The number of anilines is 2. The Morgan fingerprint density at radius 3 is 2.17 bits per heavy atom. The molecule has 0 radical (unpaired) electrons. The molecule has 1 saturated heterocycles. The summed E-state index contributed by atoms with van der Waals surface area (Å²) in [5.74, 6) is -0.188. The van der Waals surface area contributed by atoms with Crippen molar-refractivity contribution in [3.05, 3.63) is 58.0 Å². The molecule has 6 nitrogen and oxygen atoms in total. The zero-order chi connectivity index (χ0) is 20.4. The van der Waals surface area contributed by atoms with Crippen molar-refractivity contribution in [3.8, 4) is 0 Å². The SMILES string of the molecule is O=C(C1=NN(c2ccc(Br)cc2)C(=O)CC1)N1CCN(c2ccc(Cl)cc2)CC1. The predicted octanol–water partition coefficient (Wildman–Crippen LogP) is 3.93. The molecule has 4 rings (SSSR count). The van der Waals surface area contributed by atoms with E-state index in [2.05, 4.69) is 25.9 Å². The monoisotopic (exact) mass is 474 g/mol. The predicted molar refractivity (Wildman–Crippen MR) is 119 cm³/mol. The van der Waals surface area contributed by atoms with Crippen LogP contribution in [0.2, 0.25) is 5.02 Å². The van der Waals surface area contributed by atoms with Crippen LogP contribution in [0.5, 0.6) is 0 Å². The molecule has 2 aliphatic rings. The van der Waals surface area contributed by atoms with Gasteiger partial charge in [0.15, 0.2) is 0 Å². The normalized spacial score (nSPS) is 17.4. The van der Waals surface area contributed by atoms with Gasteiger partial charge in [0.2, 0.25) is 5.91 Å². The third kappa shape index (κ3) is 4.46. The van der Waals surface area contributed by atoms with Gasteiger partial charge in [-0.1, -0.05) is 27.5 Å². The molecule has 2 heterocycles. The molecule has 0 bridgehead atoms. The van der Waals surface area contributed by atoms with Crippen LogP contribution in [-0.4, -0.2) is 48.6 Å². The summed E-state index contributed by atoms with van der Waals surface area (Å²) < 4.78 is 0.921. The fourth-order valence-electron chi connectivity index (χ4n) is 3.49. The van der Waals surface area contributed by atoms with Gasteiger partial charge in [-0.2, -0.15) is 5.10 Å². The maximum atomic E-state index is 13.0. The van der Waals surface area contributed by atoms with Gasteiger partial charge in [-0.3, -0.25) is 9.59 Å². The quantitative estimate of drug-likeness (QED) is 0.676. The van der Waals surface area contributed by atoms with Gasteiger partial charge in [0, 0.05) is 54.2 Å². The molecule has 0 unspecified atom stereocenters. The first-order valence-electron chi connectivity index (χ1n) is 9.47. The van der Waals surface area contributed by atoms with Gasteiger partial charge in [0.1, 0.15) is 5.71 Å². The molecule has 8 heteroatoms. The number of hydrogen-bond donors (Lipinski definition) is 0. The molecule has 0 saturated carbocycles. The minimum Gasteiger partial charge on any atom is -0.368 e. The fraction of sp³-hybridized carbons (Fsp3) is 0.286. The second-order valence-corrected chi connectivity index (χ2v) is 8.34. The highest BCUT2D eigenvalue weighted by atomic mass is 79.9. The molecule has 1 fully saturated rings. The van der Waals surface area contributed by atoms with E-state index in [-0.39, 0.29) is 18.2 Å². The molecular weight excluding hydrogens is 456 g/mol. The van der Waals surface area contributed by atoms with E-state index in [9.17, 15) is 9.59 Å². The first-order valence-corrected chi connectivity index (χ1v) is 10.6. The van der Waals surface area contributed by atoms with Crippen LogP contribution >= 0.6 is 27.5 Å². The Labute approximate surface area is 182 Å². The van der Waals surface area contributed by atoms with Crippen molar-refractivity contribution in [3.63, 3.8) is 0 Å². The van der Waals surface area contributed by atoms with Gasteiger partial charge >= 0.3 is 0 Å². The summed E-state index contributed by atoms with van der Waals surface area (Å²) in [5.41, 5.74) is 2.20. The highest BCUT2D eigenvalue weighted by molar-refractivity contribution is 9.10. The fourth-order valence-corrected chi connectivity index (χ4v) is 3.88. The number of hydrogen-bond acceptors (Lipinski definition) is 4. The molecule has 0 N–H and O–H groups in total. The molecular formula is C21H20BrClN4O2. The summed E-state index contributed by atoms with van der Waals surface area (Å²) in [5, 5.41) is 6.44. The largest absolute Gasteiger partial charge is 0.368 e. The van der Waals surface area contributed by atoms with Gasteiger partial charge < -0.3 is 9.80 Å². The lowest BCUT2D eigenvalue weighted by atomic mass is 10.1. The van der Waals surface area contributed by atoms with E-state index in [0.717, 1.165) is 23.2 Å². The van der Waals surface area contributed by atoms with Gasteiger partial charge in [-0.25, -0.2) is 5.01 Å². The Kier molecular flexibility index (Phi) is 5.87. The second kappa shape index (κ2) is 8.55. The molecule has 2 aliphatic heterocycles. The van der Waals surface area contributed by atoms with Crippen molar-refractivity contribution in [2.24, 2.45) is 5.10 Å². The lowest BCUT2D eigenvalue weighted by molar-refractivity contribution is -0.124. The summed E-state index contributed by atoms with van der Waals surface area (Å²) in [4.78, 5) is 29.4. The minimum atomic E-state index is -0.101. The summed E-state index contributed by atoms with van der Waals surface area (Å²) in [6.45, 7) is 2.73. The number of carbonyl (C=O) groups excluding carboxylic acids is 2. The molecule has 29 heavy (non-hydrogen) atoms. The zero-order valence-electron chi connectivity index (χ0n) is 15.7. The number of rotatable bonds is 3. The van der Waals surface area contributed by atoms with Crippen molar-refractivity contribution < 1.29 is 9.59 Å². The summed E-state index contributed by atoms with van der Waals surface area (Å²) in [7, 11) is 0. The average molecular weight is 476 g/mol. The summed E-state index contributed by atoms with van der Waals surface area (Å²) in [6.07, 6.45) is 0.660. The number of halogens is 2. The van der Waals surface area contributed by atoms with Crippen molar-refractivity contribution in [1.29, 1.82) is 0 Å². The van der Waals surface area contributed by atoms with E-state index in [1.165, 1.54) is 5.01 Å². The maximum absolute atomic E-state index is 13.0. The van der Waals surface area contributed by atoms with E-state index in [4.69, 9.17) is 11.6 Å². The summed E-state index contributed by atoms with van der Waals surface area (Å²) >= 11 is 9.35. The van der Waals surface area contributed by atoms with Crippen LogP contribution in [0.3, 0.4) is 0 Å². The van der Waals surface area contributed by atoms with Crippen LogP contribution in [-0.2, 0) is 9.59 Å². The Hall–Kier alpha value is -2.38. The first kappa shape index (κ1) is 19.9. The number of hydrazone groups is 1. The van der Waals surface area contributed by atoms with Crippen molar-refractivity contribution >= 4 is 56.4 Å². The van der Waals surface area contributed by atoms with Crippen LogP contribution in [0.1, 0.15) is 12.8 Å². The number of nitrogens with zero attached hydrogens (tertiary/aromatic N) is 4. The van der Waals surface area contributed by atoms with E-state index in [1.54, 1.807) is 0 Å². The second-order valence-electron chi connectivity index (χ2n) is 6.98. The van der Waals surface area contributed by atoms with E-state index in [0.29, 0.717) is 35.9 Å². The van der Waals surface area contributed by atoms with Gasteiger partial charge in [-0.15, -0.1) is 0 Å². The molecule has 2 aromatic carbocycles. The zero-order valence-corrected chi connectivity index (χ0v) is 18.1. The van der Waals surface area contributed by atoms with E-state index >= 15 is 0 Å². The van der Waals surface area contributed by atoms with Crippen molar-refractivity contribution in [2.75, 3.05) is 36.1 Å². The number of piperazine rings is 1. The summed E-state index contributed by atoms with van der Waals surface area (Å²) in [6, 6.07) is 15.1. The average Bonchev–Trinajstić information content (AvgIpc) is 2.75. The molecule has 2 amide bonds. The Bertz CT molecular complexity index is 938. The van der Waals surface area contributed by atoms with Crippen LogP contribution in [0.25, 0.3) is 0 Å². The van der Waals surface area contributed by atoms with Gasteiger partial charge in [0.05, 0.1) is 5.69 Å². The molecule has 0 aromatic heterocycles. The molecule has 0 spiro atoms. The third-order valence-electron chi connectivity index (χ3n) is 5.11. The van der Waals surface area contributed by atoms with Gasteiger partial charge in [-0.05, 0) is 48.5 Å². The molecule has 0 aliphatic carbocycles. The third-order valence-corrected chi connectivity index (χ3v) is 5.89. The van der Waals surface area contributed by atoms with Crippen molar-refractivity contribution in [2.45, 2.75) is 12.8 Å². The number of carbonyl (C=O) groups is 2. The Morgan fingerprint density at radius 1 is 0.897 bits per heavy atom. The van der Waals surface area contributed by atoms with Crippen LogP contribution in [0.4, 0.5) is 11.4 Å². The van der Waals surface area contributed by atoms with Gasteiger partial charge in [0.25, 0.3) is 5.91 Å². The van der Waals surface area contributed by atoms with E-state index < -0.39 is 0 Å². The Morgan fingerprint density at radius 2 is 1.52 bits per heavy atom. The standard InChI is InChI=1S/C21H20BrClN4O2/c22-15-1-5-18(6-2-15)27-20(28)10-9-19(24-27)21(29)26-13-11-25(12-14-26)17-7-3-16(23)4-8-17/h1-8H,9-14H2. The topological polar surface area (TPSA) is 56.2 Å². The smallest absolute Gasteiger partial charge is 0.270 e. The molecule has 0 atom stereocenters. The highest BCUT2D eigenvalue weighted by Gasteiger charge is 2.30. The lowest BCUT2D eigenvalue weighted by Crippen LogP contribution is -2.51. The molecule has 2 aromatic rings. The van der Waals surface area contributed by atoms with E-state index in [1.807, 2.05) is 53.4 Å². The minimum absolute atomic E-state index is 0.0876. The maximum Gasteiger partial charge on any atom is 0.270 e. The molecule has 150 valence electrons. The lowest BCUT2D eigenvalue weighted by Gasteiger charge is -2.36. The number of benzene rings is 2. The number of amides is 2. The highest BCUT2D eigenvalue weighted by Crippen LogP contribution is 2.24. The van der Waals surface area contributed by atoms with Crippen LogP contribution < -0.4 is 9.91 Å².